The Morgan fingerprint density at radius 3 is 2.72 bits per heavy atom. The number of carbonyl (C=O) groups excluding carboxylic acids is 2. The largest absolute Gasteiger partial charge is 0.444 e. The van der Waals surface area contributed by atoms with Gasteiger partial charge in [0.05, 0.1) is 6.04 Å². The minimum atomic E-state index is -0.598. The lowest BCUT2D eigenvalue weighted by Gasteiger charge is -2.37. The number of rotatable bonds is 4. The summed E-state index contributed by atoms with van der Waals surface area (Å²) in [5.74, 6) is 0.305. The van der Waals surface area contributed by atoms with Crippen molar-refractivity contribution >= 4 is 34.5 Å². The van der Waals surface area contributed by atoms with Gasteiger partial charge in [-0.1, -0.05) is 25.4 Å². The lowest BCUT2D eigenvalue weighted by Crippen LogP contribution is -2.46. The average molecular weight is 420 g/mol. The van der Waals surface area contributed by atoms with Gasteiger partial charge in [0.2, 0.25) is 5.91 Å². The van der Waals surface area contributed by atoms with Crippen molar-refractivity contribution in [2.45, 2.75) is 59.1 Å². The quantitative estimate of drug-likeness (QED) is 0.746. The average Bonchev–Trinajstić information content (AvgIpc) is 2.96. The number of amides is 2. The molecule has 1 aliphatic heterocycles. The number of halogens is 1. The molecule has 158 valence electrons. The van der Waals surface area contributed by atoms with Crippen LogP contribution in [0.1, 0.15) is 58.3 Å². The van der Waals surface area contributed by atoms with E-state index in [0.717, 1.165) is 29.4 Å². The second-order valence-corrected chi connectivity index (χ2v) is 9.48. The number of hydrogen-bond acceptors (Lipinski definition) is 3. The van der Waals surface area contributed by atoms with E-state index in [-0.39, 0.29) is 18.5 Å². The van der Waals surface area contributed by atoms with Crippen LogP contribution >= 0.6 is 11.6 Å². The van der Waals surface area contributed by atoms with Gasteiger partial charge in [0, 0.05) is 28.2 Å². The predicted octanol–water partition coefficient (Wildman–Crippen LogP) is 4.82. The minimum Gasteiger partial charge on any atom is -0.444 e. The van der Waals surface area contributed by atoms with Gasteiger partial charge in [-0.15, -0.1) is 0 Å². The first-order valence-electron chi connectivity index (χ1n) is 10.1. The molecule has 2 amide bonds. The van der Waals surface area contributed by atoms with Gasteiger partial charge >= 0.3 is 6.09 Å². The SMILES string of the molecule is CC(C)CC1c2[nH]c3ccc(Cl)cc3c2CCN1C(=O)CNC(=O)OC(C)(C)C. The number of nitrogens with zero attached hydrogens (tertiary/aromatic N) is 1. The van der Waals surface area contributed by atoms with Crippen molar-refractivity contribution in [3.8, 4) is 0 Å². The molecule has 7 heteroatoms. The number of benzene rings is 1. The van der Waals surface area contributed by atoms with Gasteiger partial charge in [-0.3, -0.25) is 4.79 Å². The van der Waals surface area contributed by atoms with Crippen molar-refractivity contribution in [2.75, 3.05) is 13.1 Å². The topological polar surface area (TPSA) is 74.4 Å². The van der Waals surface area contributed by atoms with Gasteiger partial charge in [0.1, 0.15) is 12.1 Å². The maximum atomic E-state index is 13.0. The highest BCUT2D eigenvalue weighted by Gasteiger charge is 2.34. The van der Waals surface area contributed by atoms with Crippen molar-refractivity contribution < 1.29 is 14.3 Å². The van der Waals surface area contributed by atoms with E-state index in [9.17, 15) is 9.59 Å². The number of aromatic amines is 1. The second kappa shape index (κ2) is 8.27. The maximum Gasteiger partial charge on any atom is 0.408 e. The van der Waals surface area contributed by atoms with Gasteiger partial charge in [-0.2, -0.15) is 0 Å². The molecule has 2 N–H and O–H groups in total. The fourth-order valence-electron chi connectivity index (χ4n) is 3.89. The van der Waals surface area contributed by atoms with Crippen LogP contribution in [0.5, 0.6) is 0 Å². The Labute approximate surface area is 176 Å². The van der Waals surface area contributed by atoms with Crippen LogP contribution in [0.25, 0.3) is 10.9 Å². The van der Waals surface area contributed by atoms with Gasteiger partial charge in [-0.25, -0.2) is 4.79 Å². The molecule has 1 aromatic carbocycles. The van der Waals surface area contributed by atoms with Crippen molar-refractivity contribution in [1.82, 2.24) is 15.2 Å². The zero-order valence-electron chi connectivity index (χ0n) is 17.8. The van der Waals surface area contributed by atoms with Crippen LogP contribution in [-0.4, -0.2) is 40.6 Å². The molecule has 2 aromatic rings. The summed E-state index contributed by atoms with van der Waals surface area (Å²) in [4.78, 5) is 30.3. The highest BCUT2D eigenvalue weighted by atomic mass is 35.5. The van der Waals surface area contributed by atoms with E-state index in [1.54, 1.807) is 20.8 Å². The third-order valence-electron chi connectivity index (χ3n) is 5.01. The molecule has 1 aliphatic rings. The molecule has 0 bridgehead atoms. The summed E-state index contributed by atoms with van der Waals surface area (Å²) in [5.41, 5.74) is 2.75. The van der Waals surface area contributed by atoms with Crippen molar-refractivity contribution in [3.63, 3.8) is 0 Å². The van der Waals surface area contributed by atoms with E-state index in [1.807, 2.05) is 23.1 Å². The normalized spacial score (nSPS) is 16.8. The predicted molar refractivity (Wildman–Crippen MR) is 115 cm³/mol. The molecule has 2 heterocycles. The summed E-state index contributed by atoms with van der Waals surface area (Å²) >= 11 is 6.20. The van der Waals surface area contributed by atoms with E-state index in [4.69, 9.17) is 16.3 Å². The summed E-state index contributed by atoms with van der Waals surface area (Å²) in [6.07, 6.45) is 1.01. The molecule has 0 radical (unpaired) electrons. The molecule has 1 unspecified atom stereocenters. The number of H-pyrrole nitrogens is 1. The molecule has 0 spiro atoms. The third kappa shape index (κ3) is 5.04. The Kier molecular flexibility index (Phi) is 6.13. The van der Waals surface area contributed by atoms with E-state index < -0.39 is 11.7 Å². The molecule has 0 saturated heterocycles. The van der Waals surface area contributed by atoms with Gasteiger partial charge in [-0.05, 0) is 63.3 Å². The number of alkyl carbamates (subject to hydrolysis) is 1. The highest BCUT2D eigenvalue weighted by Crippen LogP contribution is 2.38. The lowest BCUT2D eigenvalue weighted by molar-refractivity contribution is -0.133. The molecule has 6 nitrogen and oxygen atoms in total. The minimum absolute atomic E-state index is 0.0575. The summed E-state index contributed by atoms with van der Waals surface area (Å²) in [6.45, 7) is 10.2. The van der Waals surface area contributed by atoms with Crippen molar-refractivity contribution in [3.05, 3.63) is 34.5 Å². The summed E-state index contributed by atoms with van der Waals surface area (Å²) in [6, 6.07) is 5.79. The standard InChI is InChI=1S/C22H30ClN3O3/c1-13(2)10-18-20-15(16-11-14(23)6-7-17(16)25-20)8-9-26(18)19(27)12-24-21(28)29-22(3,4)5/h6-7,11,13,18,25H,8-10,12H2,1-5H3,(H,24,28). The Hall–Kier alpha value is -2.21. The highest BCUT2D eigenvalue weighted by molar-refractivity contribution is 6.31. The van der Waals surface area contributed by atoms with Crippen LogP contribution < -0.4 is 5.32 Å². The van der Waals surface area contributed by atoms with E-state index in [1.165, 1.54) is 5.56 Å². The Bertz CT molecular complexity index is 914. The van der Waals surface area contributed by atoms with Gasteiger partial charge in [0.25, 0.3) is 0 Å². The fourth-order valence-corrected chi connectivity index (χ4v) is 4.06. The van der Waals surface area contributed by atoms with E-state index in [0.29, 0.717) is 17.5 Å². The van der Waals surface area contributed by atoms with Crippen LogP contribution in [0.2, 0.25) is 5.02 Å². The van der Waals surface area contributed by atoms with Crippen LogP contribution in [0.3, 0.4) is 0 Å². The Balaban J connectivity index is 1.81. The van der Waals surface area contributed by atoms with Crippen molar-refractivity contribution in [2.24, 2.45) is 5.92 Å². The molecule has 0 aliphatic carbocycles. The first-order chi connectivity index (χ1) is 13.5. The first-order valence-corrected chi connectivity index (χ1v) is 10.5. The molecule has 29 heavy (non-hydrogen) atoms. The molecule has 3 rings (SSSR count). The van der Waals surface area contributed by atoms with Gasteiger partial charge < -0.3 is 19.9 Å². The number of aromatic nitrogens is 1. The second-order valence-electron chi connectivity index (χ2n) is 9.05. The zero-order valence-corrected chi connectivity index (χ0v) is 18.5. The Morgan fingerprint density at radius 1 is 1.34 bits per heavy atom. The number of carbonyl (C=O) groups is 2. The first kappa shape index (κ1) is 21.5. The van der Waals surface area contributed by atoms with Gasteiger partial charge in [0.15, 0.2) is 0 Å². The number of fused-ring (bicyclic) bond motifs is 3. The molecule has 1 aromatic heterocycles. The van der Waals surface area contributed by atoms with Crippen LogP contribution in [0.15, 0.2) is 18.2 Å². The third-order valence-corrected chi connectivity index (χ3v) is 5.25. The summed E-state index contributed by atoms with van der Waals surface area (Å²) < 4.78 is 5.23. The van der Waals surface area contributed by atoms with E-state index >= 15 is 0 Å². The molecular weight excluding hydrogens is 390 g/mol. The van der Waals surface area contributed by atoms with E-state index in [2.05, 4.69) is 24.1 Å². The zero-order chi connectivity index (χ0) is 21.3. The summed E-state index contributed by atoms with van der Waals surface area (Å²) in [5, 5.41) is 4.42. The number of ether oxygens (including phenoxy) is 1. The van der Waals surface area contributed by atoms with Crippen LogP contribution in [-0.2, 0) is 16.0 Å². The molecular formula is C22H30ClN3O3. The molecule has 0 saturated carbocycles. The fraction of sp³-hybridized carbons (Fsp3) is 0.545. The monoisotopic (exact) mass is 419 g/mol. The van der Waals surface area contributed by atoms with Crippen molar-refractivity contribution in [1.29, 1.82) is 0 Å². The smallest absolute Gasteiger partial charge is 0.408 e. The molecule has 0 fully saturated rings. The summed E-state index contributed by atoms with van der Waals surface area (Å²) in [7, 11) is 0. The van der Waals surface area contributed by atoms with Crippen LogP contribution in [0.4, 0.5) is 4.79 Å². The Morgan fingerprint density at radius 2 is 2.07 bits per heavy atom. The van der Waals surface area contributed by atoms with Crippen LogP contribution in [0, 0.1) is 5.92 Å². The lowest BCUT2D eigenvalue weighted by atomic mass is 9.91. The number of nitrogens with one attached hydrogen (secondary N) is 2. The molecule has 1 atom stereocenters. The number of hydrogen-bond donors (Lipinski definition) is 2. The maximum absolute atomic E-state index is 13.0.